The quantitative estimate of drug-likeness (QED) is 0.843. The Labute approximate surface area is 101 Å². The molecule has 2 N–H and O–H groups in total. The number of aryl methyl sites for hydroxylation is 1. The molecule has 0 aliphatic carbocycles. The number of amides is 1. The summed E-state index contributed by atoms with van der Waals surface area (Å²) in [5.74, 6) is -0.950. The van der Waals surface area contributed by atoms with E-state index in [1.165, 1.54) is 0 Å². The van der Waals surface area contributed by atoms with Crippen molar-refractivity contribution >= 4 is 17.6 Å². The van der Waals surface area contributed by atoms with Gasteiger partial charge < -0.3 is 10.4 Å². The highest BCUT2D eigenvalue weighted by Crippen LogP contribution is 2.18. The Bertz CT molecular complexity index is 438. The van der Waals surface area contributed by atoms with Crippen LogP contribution in [-0.2, 0) is 4.79 Å². The fourth-order valence-corrected chi connectivity index (χ4v) is 1.52. The summed E-state index contributed by atoms with van der Waals surface area (Å²) in [5.41, 5.74) is 1.33. The lowest BCUT2D eigenvalue weighted by atomic mass is 10.1. The van der Waals surface area contributed by atoms with E-state index >= 15 is 0 Å². The van der Waals surface area contributed by atoms with E-state index in [1.54, 1.807) is 18.2 Å². The van der Waals surface area contributed by atoms with Gasteiger partial charge in [-0.3, -0.25) is 4.79 Å². The van der Waals surface area contributed by atoms with Crippen molar-refractivity contribution in [2.45, 2.75) is 27.2 Å². The van der Waals surface area contributed by atoms with Crippen LogP contribution in [0.1, 0.15) is 36.2 Å². The molecule has 0 radical (unpaired) electrons. The average Bonchev–Trinajstić information content (AvgIpc) is 2.19. The molecule has 17 heavy (non-hydrogen) atoms. The van der Waals surface area contributed by atoms with Gasteiger partial charge in [0.2, 0.25) is 5.91 Å². The van der Waals surface area contributed by atoms with E-state index in [9.17, 15) is 9.59 Å². The zero-order chi connectivity index (χ0) is 13.0. The van der Waals surface area contributed by atoms with Crippen LogP contribution in [0.4, 0.5) is 5.69 Å². The number of hydrogen-bond acceptors (Lipinski definition) is 2. The Kier molecular flexibility index (Phi) is 4.26. The predicted molar refractivity (Wildman–Crippen MR) is 66.2 cm³/mol. The van der Waals surface area contributed by atoms with Crippen LogP contribution in [0.15, 0.2) is 18.2 Å². The minimum atomic E-state index is -1.03. The van der Waals surface area contributed by atoms with Crippen LogP contribution in [0, 0.1) is 12.8 Å². The predicted octanol–water partition coefficient (Wildman–Crippen LogP) is 2.68. The molecular formula is C13H17NO3. The maximum atomic E-state index is 11.6. The molecule has 0 saturated carbocycles. The first-order valence-corrected chi connectivity index (χ1v) is 5.54. The number of anilines is 1. The molecule has 0 aliphatic rings. The summed E-state index contributed by atoms with van der Waals surface area (Å²) in [7, 11) is 0. The Balaban J connectivity index is 2.91. The molecule has 1 rings (SSSR count). The van der Waals surface area contributed by atoms with Gasteiger partial charge in [-0.25, -0.2) is 4.79 Å². The highest BCUT2D eigenvalue weighted by atomic mass is 16.4. The molecule has 0 unspecified atom stereocenters. The van der Waals surface area contributed by atoms with E-state index in [2.05, 4.69) is 5.32 Å². The third kappa shape index (κ3) is 3.90. The number of carbonyl (C=O) groups is 2. The smallest absolute Gasteiger partial charge is 0.337 e. The molecule has 1 aromatic carbocycles. The molecule has 92 valence electrons. The van der Waals surface area contributed by atoms with Gasteiger partial charge in [-0.1, -0.05) is 25.5 Å². The second-order valence-electron chi connectivity index (χ2n) is 4.50. The number of benzene rings is 1. The van der Waals surface area contributed by atoms with Crippen molar-refractivity contribution in [2.24, 2.45) is 5.92 Å². The maximum Gasteiger partial charge on any atom is 0.337 e. The third-order valence-corrected chi connectivity index (χ3v) is 2.27. The van der Waals surface area contributed by atoms with Crippen LogP contribution >= 0.6 is 0 Å². The number of rotatable bonds is 4. The summed E-state index contributed by atoms with van der Waals surface area (Å²) < 4.78 is 0. The van der Waals surface area contributed by atoms with Gasteiger partial charge in [0.15, 0.2) is 0 Å². The highest BCUT2D eigenvalue weighted by molar-refractivity contribution is 6.00. The number of nitrogens with one attached hydrogen (secondary N) is 1. The van der Waals surface area contributed by atoms with Gasteiger partial charge in [0, 0.05) is 6.42 Å². The second kappa shape index (κ2) is 5.48. The number of carboxylic acids is 1. The van der Waals surface area contributed by atoms with E-state index in [-0.39, 0.29) is 17.4 Å². The first kappa shape index (κ1) is 13.2. The summed E-state index contributed by atoms with van der Waals surface area (Å²) in [6, 6.07) is 4.95. The van der Waals surface area contributed by atoms with Crippen molar-refractivity contribution in [3.05, 3.63) is 29.3 Å². The van der Waals surface area contributed by atoms with Crippen molar-refractivity contribution in [3.63, 3.8) is 0 Å². The average molecular weight is 235 g/mol. The van der Waals surface area contributed by atoms with Crippen LogP contribution in [-0.4, -0.2) is 17.0 Å². The fourth-order valence-electron chi connectivity index (χ4n) is 1.52. The lowest BCUT2D eigenvalue weighted by Crippen LogP contribution is -2.16. The van der Waals surface area contributed by atoms with Gasteiger partial charge in [-0.15, -0.1) is 0 Å². The highest BCUT2D eigenvalue weighted by Gasteiger charge is 2.13. The van der Waals surface area contributed by atoms with E-state index in [0.717, 1.165) is 5.56 Å². The summed E-state index contributed by atoms with van der Waals surface area (Å²) in [6.45, 7) is 5.69. The molecule has 0 heterocycles. The Hall–Kier alpha value is -1.84. The fraction of sp³-hybridized carbons (Fsp3) is 0.385. The third-order valence-electron chi connectivity index (χ3n) is 2.27. The summed E-state index contributed by atoms with van der Waals surface area (Å²) >= 11 is 0. The number of aromatic carboxylic acids is 1. The first-order valence-electron chi connectivity index (χ1n) is 5.54. The van der Waals surface area contributed by atoms with Gasteiger partial charge in [0.1, 0.15) is 0 Å². The summed E-state index contributed by atoms with van der Waals surface area (Å²) in [6.07, 6.45) is 0.382. The number of carboxylic acid groups (broad SMARTS) is 1. The SMILES string of the molecule is Cc1ccc(NC(=O)CC(C)C)c(C(=O)O)c1. The van der Waals surface area contributed by atoms with E-state index in [1.807, 2.05) is 20.8 Å². The van der Waals surface area contributed by atoms with Crippen molar-refractivity contribution in [1.29, 1.82) is 0 Å². The van der Waals surface area contributed by atoms with Crippen LogP contribution < -0.4 is 5.32 Å². The topological polar surface area (TPSA) is 66.4 Å². The lowest BCUT2D eigenvalue weighted by Gasteiger charge is -2.10. The Morgan fingerprint density at radius 1 is 1.35 bits per heavy atom. The molecule has 0 aromatic heterocycles. The van der Waals surface area contributed by atoms with Gasteiger partial charge in [0.25, 0.3) is 0 Å². The lowest BCUT2D eigenvalue weighted by molar-refractivity contribution is -0.116. The first-order chi connectivity index (χ1) is 7.90. The number of carbonyl (C=O) groups excluding carboxylic acids is 1. The molecular weight excluding hydrogens is 218 g/mol. The van der Waals surface area contributed by atoms with Crippen molar-refractivity contribution in [2.75, 3.05) is 5.32 Å². The minimum Gasteiger partial charge on any atom is -0.478 e. The van der Waals surface area contributed by atoms with E-state index in [4.69, 9.17) is 5.11 Å². The molecule has 4 heteroatoms. The van der Waals surface area contributed by atoms with Crippen molar-refractivity contribution < 1.29 is 14.7 Å². The number of hydrogen-bond donors (Lipinski definition) is 2. The second-order valence-corrected chi connectivity index (χ2v) is 4.50. The molecule has 0 spiro atoms. The van der Waals surface area contributed by atoms with Crippen molar-refractivity contribution in [3.8, 4) is 0 Å². The molecule has 0 aliphatic heterocycles. The Morgan fingerprint density at radius 2 is 2.00 bits per heavy atom. The molecule has 1 aromatic rings. The Morgan fingerprint density at radius 3 is 2.53 bits per heavy atom. The molecule has 0 atom stereocenters. The van der Waals surface area contributed by atoms with Crippen LogP contribution in [0.3, 0.4) is 0 Å². The standard InChI is InChI=1S/C13H17NO3/c1-8(2)6-12(15)14-11-5-4-9(3)7-10(11)13(16)17/h4-5,7-8H,6H2,1-3H3,(H,14,15)(H,16,17). The minimum absolute atomic E-state index is 0.127. The zero-order valence-electron chi connectivity index (χ0n) is 10.3. The van der Waals surface area contributed by atoms with Crippen LogP contribution in [0.25, 0.3) is 0 Å². The monoisotopic (exact) mass is 235 g/mol. The van der Waals surface area contributed by atoms with Gasteiger partial charge >= 0.3 is 5.97 Å². The van der Waals surface area contributed by atoms with Crippen LogP contribution in [0.5, 0.6) is 0 Å². The zero-order valence-corrected chi connectivity index (χ0v) is 10.3. The summed E-state index contributed by atoms with van der Waals surface area (Å²) in [5, 5.41) is 11.7. The van der Waals surface area contributed by atoms with Gasteiger partial charge in [-0.05, 0) is 25.0 Å². The maximum absolute atomic E-state index is 11.6. The molecule has 4 nitrogen and oxygen atoms in total. The van der Waals surface area contributed by atoms with Gasteiger partial charge in [0.05, 0.1) is 11.3 Å². The molecule has 0 bridgehead atoms. The molecule has 0 saturated heterocycles. The normalized spacial score (nSPS) is 10.4. The largest absolute Gasteiger partial charge is 0.478 e. The molecule has 1 amide bonds. The van der Waals surface area contributed by atoms with Gasteiger partial charge in [-0.2, -0.15) is 0 Å². The van der Waals surface area contributed by atoms with Crippen LogP contribution in [0.2, 0.25) is 0 Å². The summed E-state index contributed by atoms with van der Waals surface area (Å²) in [4.78, 5) is 22.6. The molecule has 0 fully saturated rings. The van der Waals surface area contributed by atoms with E-state index in [0.29, 0.717) is 12.1 Å². The van der Waals surface area contributed by atoms with Crippen molar-refractivity contribution in [1.82, 2.24) is 0 Å². The van der Waals surface area contributed by atoms with E-state index < -0.39 is 5.97 Å².